The Morgan fingerprint density at radius 2 is 1.77 bits per heavy atom. The van der Waals surface area contributed by atoms with E-state index in [1.54, 1.807) is 16.2 Å². The summed E-state index contributed by atoms with van der Waals surface area (Å²) in [6, 6.07) is 11.3. The summed E-state index contributed by atoms with van der Waals surface area (Å²) in [5.41, 5.74) is 3.26. The largest absolute Gasteiger partial charge is 0.330 e. The van der Waals surface area contributed by atoms with Gasteiger partial charge in [-0.1, -0.05) is 24.1 Å². The van der Waals surface area contributed by atoms with Crippen molar-refractivity contribution in [2.45, 2.75) is 52.0 Å². The molecule has 0 unspecified atom stereocenters. The van der Waals surface area contributed by atoms with Crippen molar-refractivity contribution in [2.75, 3.05) is 26.2 Å². The Morgan fingerprint density at radius 3 is 2.47 bits per heavy atom. The van der Waals surface area contributed by atoms with Gasteiger partial charge in [-0.3, -0.25) is 4.79 Å². The van der Waals surface area contributed by atoms with E-state index in [1.165, 1.54) is 37.7 Å². The number of hydrogen-bond acceptors (Lipinski definition) is 3. The number of hydrogen-bond donors (Lipinski definition) is 1. The maximum absolute atomic E-state index is 13.3. The van der Waals surface area contributed by atoms with Crippen LogP contribution >= 0.6 is 11.3 Å². The van der Waals surface area contributed by atoms with Crippen LogP contribution in [0.3, 0.4) is 0 Å². The Labute approximate surface area is 182 Å². The second kappa shape index (κ2) is 8.16. The highest BCUT2D eigenvalue weighted by atomic mass is 32.1. The quantitative estimate of drug-likeness (QED) is 0.702. The first-order valence-electron chi connectivity index (χ1n) is 11.3. The van der Waals surface area contributed by atoms with Gasteiger partial charge in [0.05, 0.1) is 48.5 Å². The molecule has 3 heterocycles. The number of benzene rings is 1. The third-order valence-electron chi connectivity index (χ3n) is 6.91. The number of thiophene rings is 1. The van der Waals surface area contributed by atoms with Crippen LogP contribution in [0.1, 0.15) is 53.0 Å². The van der Waals surface area contributed by atoms with E-state index in [1.807, 2.05) is 11.6 Å². The molecule has 0 radical (unpaired) electrons. The molecule has 5 nitrogen and oxygen atoms in total. The lowest BCUT2D eigenvalue weighted by atomic mass is 9.94. The van der Waals surface area contributed by atoms with Crippen LogP contribution in [0.2, 0.25) is 0 Å². The first-order chi connectivity index (χ1) is 14.6. The second-order valence-corrected chi connectivity index (χ2v) is 9.98. The standard InChI is InChI=1S/C24H30N4OS/c1-17-8-10-20(11-9-17)28-24-21(18(2)25-28)16-22(30-24)23(29)27-14-12-26(13-15-27)19-6-4-3-5-7-19/h8-11,16,19H,3-7,12-15H2,1-2H3/p+1. The number of aromatic nitrogens is 2. The summed E-state index contributed by atoms with van der Waals surface area (Å²) in [7, 11) is 0. The van der Waals surface area contributed by atoms with Crippen molar-refractivity contribution in [2.24, 2.45) is 0 Å². The predicted octanol–water partition coefficient (Wildman–Crippen LogP) is 3.38. The van der Waals surface area contributed by atoms with Crippen molar-refractivity contribution in [1.82, 2.24) is 14.7 Å². The monoisotopic (exact) mass is 423 g/mol. The molecule has 2 aromatic heterocycles. The smallest absolute Gasteiger partial charge is 0.264 e. The first-order valence-corrected chi connectivity index (χ1v) is 12.1. The molecular formula is C24H31N4OS+. The van der Waals surface area contributed by atoms with Crippen LogP contribution in [-0.2, 0) is 0 Å². The van der Waals surface area contributed by atoms with Gasteiger partial charge >= 0.3 is 0 Å². The minimum atomic E-state index is 0.189. The molecule has 1 amide bonds. The van der Waals surface area contributed by atoms with Crippen LogP contribution in [0, 0.1) is 13.8 Å². The van der Waals surface area contributed by atoms with E-state index < -0.39 is 0 Å². The second-order valence-electron chi connectivity index (χ2n) is 8.95. The Balaban J connectivity index is 1.33. The summed E-state index contributed by atoms with van der Waals surface area (Å²) < 4.78 is 1.98. The fourth-order valence-electron chi connectivity index (χ4n) is 5.09. The van der Waals surface area contributed by atoms with Crippen LogP contribution in [0.5, 0.6) is 0 Å². The van der Waals surface area contributed by atoms with Crippen molar-refractivity contribution in [3.05, 3.63) is 46.5 Å². The summed E-state index contributed by atoms with van der Waals surface area (Å²) in [5, 5.41) is 5.82. The lowest BCUT2D eigenvalue weighted by Crippen LogP contribution is -3.18. The van der Waals surface area contributed by atoms with Gasteiger partial charge in [-0.2, -0.15) is 5.10 Å². The van der Waals surface area contributed by atoms with Gasteiger partial charge in [0.15, 0.2) is 0 Å². The van der Waals surface area contributed by atoms with E-state index in [2.05, 4.69) is 42.2 Å². The van der Waals surface area contributed by atoms with Gasteiger partial charge in [-0.05, 0) is 57.7 Å². The number of quaternary nitrogens is 1. The van der Waals surface area contributed by atoms with Crippen LogP contribution in [0.4, 0.5) is 0 Å². The Kier molecular flexibility index (Phi) is 5.37. The molecule has 0 spiro atoms. The molecule has 0 bridgehead atoms. The number of carbonyl (C=O) groups is 1. The van der Waals surface area contributed by atoms with Crippen molar-refractivity contribution < 1.29 is 9.69 Å². The zero-order chi connectivity index (χ0) is 20.7. The average molecular weight is 424 g/mol. The Hall–Kier alpha value is -2.18. The van der Waals surface area contributed by atoms with E-state index in [0.717, 1.165) is 58.7 Å². The molecule has 3 aromatic rings. The normalized spacial score (nSPS) is 18.9. The Bertz CT molecular complexity index is 1040. The highest BCUT2D eigenvalue weighted by Gasteiger charge is 2.31. The number of nitrogens with zero attached hydrogens (tertiary/aromatic N) is 3. The molecule has 1 aliphatic carbocycles. The third-order valence-corrected chi connectivity index (χ3v) is 8.01. The number of carbonyl (C=O) groups excluding carboxylic acids is 1. The number of aryl methyl sites for hydroxylation is 2. The fourth-order valence-corrected chi connectivity index (χ4v) is 6.24. The average Bonchev–Trinajstić information content (AvgIpc) is 3.35. The molecule has 1 aliphatic heterocycles. The van der Waals surface area contributed by atoms with Crippen molar-refractivity contribution in [1.29, 1.82) is 0 Å². The number of piperazine rings is 1. The summed E-state index contributed by atoms with van der Waals surface area (Å²) in [5.74, 6) is 0.189. The highest BCUT2D eigenvalue weighted by molar-refractivity contribution is 7.20. The van der Waals surface area contributed by atoms with Gasteiger partial charge in [-0.25, -0.2) is 4.68 Å². The fraction of sp³-hybridized carbons (Fsp3) is 0.500. The molecule has 1 saturated carbocycles. The Morgan fingerprint density at radius 1 is 1.07 bits per heavy atom. The maximum Gasteiger partial charge on any atom is 0.264 e. The molecular weight excluding hydrogens is 392 g/mol. The highest BCUT2D eigenvalue weighted by Crippen LogP contribution is 2.31. The zero-order valence-corrected chi connectivity index (χ0v) is 18.8. The van der Waals surface area contributed by atoms with Crippen LogP contribution < -0.4 is 4.90 Å². The summed E-state index contributed by atoms with van der Waals surface area (Å²) in [4.78, 5) is 18.9. The third kappa shape index (κ3) is 3.67. The molecule has 2 aliphatic rings. The maximum atomic E-state index is 13.3. The van der Waals surface area contributed by atoms with Crippen LogP contribution in [0.25, 0.3) is 15.9 Å². The van der Waals surface area contributed by atoms with E-state index in [9.17, 15) is 4.79 Å². The molecule has 0 atom stereocenters. The van der Waals surface area contributed by atoms with E-state index in [0.29, 0.717) is 0 Å². The number of fused-ring (bicyclic) bond motifs is 1. The van der Waals surface area contributed by atoms with Crippen molar-refractivity contribution in [3.63, 3.8) is 0 Å². The van der Waals surface area contributed by atoms with Crippen molar-refractivity contribution in [3.8, 4) is 5.69 Å². The van der Waals surface area contributed by atoms with Gasteiger partial charge in [0.2, 0.25) is 0 Å². The van der Waals surface area contributed by atoms with E-state index in [-0.39, 0.29) is 5.91 Å². The SMILES string of the molecule is Cc1ccc(-n2nc(C)c3cc(C(=O)N4CC[NH+](C5CCCCC5)CC4)sc32)cc1. The molecule has 158 valence electrons. The number of nitrogens with one attached hydrogen (secondary N) is 1. The van der Waals surface area contributed by atoms with Crippen LogP contribution in [0.15, 0.2) is 30.3 Å². The summed E-state index contributed by atoms with van der Waals surface area (Å²) in [6.07, 6.45) is 6.91. The molecule has 30 heavy (non-hydrogen) atoms. The van der Waals surface area contributed by atoms with Crippen molar-refractivity contribution >= 4 is 27.5 Å². The van der Waals surface area contributed by atoms with E-state index in [4.69, 9.17) is 5.10 Å². The molecule has 1 aromatic carbocycles. The predicted molar refractivity (Wildman–Crippen MR) is 122 cm³/mol. The van der Waals surface area contributed by atoms with Gasteiger partial charge < -0.3 is 9.80 Å². The molecule has 2 fully saturated rings. The molecule has 1 saturated heterocycles. The minimum absolute atomic E-state index is 0.189. The molecule has 1 N–H and O–H groups in total. The first kappa shape index (κ1) is 19.8. The summed E-state index contributed by atoms with van der Waals surface area (Å²) in [6.45, 7) is 8.06. The van der Waals surface area contributed by atoms with Gasteiger partial charge in [0.1, 0.15) is 4.83 Å². The van der Waals surface area contributed by atoms with Gasteiger partial charge in [0.25, 0.3) is 5.91 Å². The minimum Gasteiger partial charge on any atom is -0.330 e. The van der Waals surface area contributed by atoms with Gasteiger partial charge in [0, 0.05) is 5.39 Å². The van der Waals surface area contributed by atoms with E-state index >= 15 is 0 Å². The molecule has 6 heteroatoms. The number of rotatable bonds is 3. The lowest BCUT2D eigenvalue weighted by molar-refractivity contribution is -0.930. The summed E-state index contributed by atoms with van der Waals surface area (Å²) >= 11 is 1.58. The topological polar surface area (TPSA) is 42.6 Å². The zero-order valence-electron chi connectivity index (χ0n) is 18.0. The van der Waals surface area contributed by atoms with Crippen LogP contribution in [-0.4, -0.2) is 52.8 Å². The molecule has 5 rings (SSSR count). The number of amides is 1. The van der Waals surface area contributed by atoms with Gasteiger partial charge in [-0.15, -0.1) is 11.3 Å². The lowest BCUT2D eigenvalue weighted by Gasteiger charge is -2.37.